The van der Waals surface area contributed by atoms with Gasteiger partial charge < -0.3 is 19.7 Å². The first kappa shape index (κ1) is 22.7. The van der Waals surface area contributed by atoms with Gasteiger partial charge in [0.15, 0.2) is 0 Å². The van der Waals surface area contributed by atoms with Crippen LogP contribution in [0.3, 0.4) is 0 Å². The zero-order chi connectivity index (χ0) is 21.4. The van der Waals surface area contributed by atoms with Crippen LogP contribution in [0.25, 0.3) is 0 Å². The maximum atomic E-state index is 13.3. The van der Waals surface area contributed by atoms with Crippen molar-refractivity contribution in [2.24, 2.45) is 0 Å². The van der Waals surface area contributed by atoms with E-state index in [0.717, 1.165) is 24.8 Å². The van der Waals surface area contributed by atoms with Gasteiger partial charge in [0.25, 0.3) is 0 Å². The molecule has 2 atom stereocenters. The number of hydrogen-bond donors (Lipinski definition) is 1. The highest BCUT2D eigenvalue weighted by Crippen LogP contribution is 2.19. The first-order valence-corrected chi connectivity index (χ1v) is 10.1. The SMILES string of the molecule is COC(=O)[C@@H](Cc1ccccc1)N1CCCCC[C@H](NC(=O)OC(C)(C)C)C1=O. The van der Waals surface area contributed by atoms with Gasteiger partial charge in [-0.2, -0.15) is 0 Å². The van der Waals surface area contributed by atoms with Crippen LogP contribution in [0.2, 0.25) is 0 Å². The molecule has 2 amide bonds. The molecule has 7 heteroatoms. The van der Waals surface area contributed by atoms with Crippen molar-refractivity contribution in [3.05, 3.63) is 35.9 Å². The van der Waals surface area contributed by atoms with Gasteiger partial charge in [-0.25, -0.2) is 9.59 Å². The molecule has 1 aliphatic rings. The van der Waals surface area contributed by atoms with Gasteiger partial charge in [0.05, 0.1) is 7.11 Å². The zero-order valence-electron chi connectivity index (χ0n) is 17.8. The Kier molecular flexibility index (Phi) is 8.05. The lowest BCUT2D eigenvalue weighted by atomic mass is 9.99. The summed E-state index contributed by atoms with van der Waals surface area (Å²) in [6, 6.07) is 8.06. The van der Waals surface area contributed by atoms with E-state index in [1.165, 1.54) is 7.11 Å². The molecule has 1 aliphatic heterocycles. The summed E-state index contributed by atoms with van der Waals surface area (Å²) in [4.78, 5) is 39.6. The molecule has 0 bridgehead atoms. The van der Waals surface area contributed by atoms with Gasteiger partial charge in [0.2, 0.25) is 5.91 Å². The smallest absolute Gasteiger partial charge is 0.408 e. The predicted octanol–water partition coefficient (Wildman–Crippen LogP) is 3.07. The van der Waals surface area contributed by atoms with Crippen molar-refractivity contribution in [2.45, 2.75) is 70.6 Å². The molecule has 2 rings (SSSR count). The Balaban J connectivity index is 2.22. The summed E-state index contributed by atoms with van der Waals surface area (Å²) in [6.45, 7) is 5.75. The van der Waals surface area contributed by atoms with Gasteiger partial charge in [-0.05, 0) is 39.2 Å². The van der Waals surface area contributed by atoms with Crippen molar-refractivity contribution >= 4 is 18.0 Å². The van der Waals surface area contributed by atoms with Crippen LogP contribution in [0.4, 0.5) is 4.79 Å². The number of ether oxygens (including phenoxy) is 2. The Morgan fingerprint density at radius 1 is 1.17 bits per heavy atom. The van der Waals surface area contributed by atoms with Gasteiger partial charge >= 0.3 is 12.1 Å². The molecule has 160 valence electrons. The third-order valence-electron chi connectivity index (χ3n) is 4.79. The van der Waals surface area contributed by atoms with Crippen LogP contribution in [0.5, 0.6) is 0 Å². The van der Waals surface area contributed by atoms with Gasteiger partial charge in [0, 0.05) is 13.0 Å². The molecule has 0 saturated carbocycles. The Morgan fingerprint density at radius 3 is 2.48 bits per heavy atom. The molecule has 1 saturated heterocycles. The number of alkyl carbamates (subject to hydrolysis) is 1. The molecule has 29 heavy (non-hydrogen) atoms. The summed E-state index contributed by atoms with van der Waals surface area (Å²) in [6.07, 6.45) is 2.77. The highest BCUT2D eigenvalue weighted by Gasteiger charge is 2.36. The number of methoxy groups -OCH3 is 1. The molecule has 0 unspecified atom stereocenters. The van der Waals surface area contributed by atoms with Gasteiger partial charge in [0.1, 0.15) is 17.7 Å². The number of likely N-dealkylation sites (tertiary alicyclic amines) is 1. The summed E-state index contributed by atoms with van der Waals surface area (Å²) in [7, 11) is 1.32. The van der Waals surface area contributed by atoms with Crippen molar-refractivity contribution in [1.29, 1.82) is 0 Å². The van der Waals surface area contributed by atoms with Crippen molar-refractivity contribution in [1.82, 2.24) is 10.2 Å². The van der Waals surface area contributed by atoms with E-state index in [4.69, 9.17) is 9.47 Å². The first-order chi connectivity index (χ1) is 13.7. The number of rotatable bonds is 5. The molecular formula is C22H32N2O5. The Hall–Kier alpha value is -2.57. The Labute approximate surface area is 172 Å². The van der Waals surface area contributed by atoms with E-state index in [1.54, 1.807) is 25.7 Å². The van der Waals surface area contributed by atoms with E-state index in [9.17, 15) is 14.4 Å². The van der Waals surface area contributed by atoms with Crippen LogP contribution in [-0.4, -0.2) is 54.2 Å². The van der Waals surface area contributed by atoms with Gasteiger partial charge in [-0.1, -0.05) is 43.2 Å². The summed E-state index contributed by atoms with van der Waals surface area (Å²) < 4.78 is 10.3. The number of carbonyl (C=O) groups is 3. The molecule has 0 radical (unpaired) electrons. The number of nitrogens with zero attached hydrogens (tertiary/aromatic N) is 1. The fourth-order valence-electron chi connectivity index (χ4n) is 3.43. The van der Waals surface area contributed by atoms with Crippen LogP contribution in [-0.2, 0) is 25.5 Å². The van der Waals surface area contributed by atoms with E-state index < -0.39 is 29.7 Å². The van der Waals surface area contributed by atoms with Crippen molar-refractivity contribution in [2.75, 3.05) is 13.7 Å². The molecular weight excluding hydrogens is 372 g/mol. The largest absolute Gasteiger partial charge is 0.467 e. The van der Waals surface area contributed by atoms with Crippen LogP contribution in [0.1, 0.15) is 52.0 Å². The molecule has 1 fully saturated rings. The Bertz CT molecular complexity index is 699. The normalized spacial score (nSPS) is 19.0. The minimum atomic E-state index is -0.740. The highest BCUT2D eigenvalue weighted by molar-refractivity contribution is 5.90. The minimum Gasteiger partial charge on any atom is -0.467 e. The maximum absolute atomic E-state index is 13.3. The number of benzene rings is 1. The summed E-state index contributed by atoms with van der Waals surface area (Å²) in [5, 5.41) is 2.69. The average molecular weight is 405 g/mol. The quantitative estimate of drug-likeness (QED) is 0.763. The van der Waals surface area contributed by atoms with E-state index in [1.807, 2.05) is 30.3 Å². The van der Waals surface area contributed by atoms with Crippen molar-refractivity contribution in [3.63, 3.8) is 0 Å². The Morgan fingerprint density at radius 2 is 1.86 bits per heavy atom. The van der Waals surface area contributed by atoms with Crippen molar-refractivity contribution < 1.29 is 23.9 Å². The first-order valence-electron chi connectivity index (χ1n) is 10.1. The standard InChI is InChI=1S/C22H32N2O5/c1-22(2,3)29-21(27)23-17-13-9-6-10-14-24(19(17)25)18(20(26)28-4)15-16-11-7-5-8-12-16/h5,7-8,11-12,17-18H,6,9-10,13-15H2,1-4H3,(H,23,27)/t17-,18+/m0/s1. The second-order valence-corrected chi connectivity index (χ2v) is 8.31. The average Bonchev–Trinajstić information content (AvgIpc) is 2.65. The summed E-state index contributed by atoms with van der Waals surface area (Å²) >= 11 is 0. The number of amides is 2. The van der Waals surface area contributed by atoms with Crippen LogP contribution >= 0.6 is 0 Å². The fourth-order valence-corrected chi connectivity index (χ4v) is 3.43. The van der Waals surface area contributed by atoms with E-state index in [-0.39, 0.29) is 5.91 Å². The number of nitrogens with one attached hydrogen (secondary N) is 1. The highest BCUT2D eigenvalue weighted by atomic mass is 16.6. The lowest BCUT2D eigenvalue weighted by molar-refractivity contribution is -0.154. The third kappa shape index (κ3) is 7.07. The van der Waals surface area contributed by atoms with Crippen LogP contribution < -0.4 is 5.32 Å². The molecule has 1 heterocycles. The fraction of sp³-hybridized carbons (Fsp3) is 0.591. The molecule has 1 N–H and O–H groups in total. The number of hydrogen-bond acceptors (Lipinski definition) is 5. The van der Waals surface area contributed by atoms with E-state index in [2.05, 4.69) is 5.32 Å². The minimum absolute atomic E-state index is 0.276. The number of esters is 1. The lowest BCUT2D eigenvalue weighted by Gasteiger charge is -2.35. The zero-order valence-corrected chi connectivity index (χ0v) is 17.8. The lowest BCUT2D eigenvalue weighted by Crippen LogP contribution is -2.56. The van der Waals surface area contributed by atoms with Crippen LogP contribution in [0, 0.1) is 0 Å². The second-order valence-electron chi connectivity index (χ2n) is 8.31. The second kappa shape index (κ2) is 10.3. The van der Waals surface area contributed by atoms with E-state index >= 15 is 0 Å². The van der Waals surface area contributed by atoms with Gasteiger partial charge in [-0.3, -0.25) is 4.79 Å². The van der Waals surface area contributed by atoms with Crippen LogP contribution in [0.15, 0.2) is 30.3 Å². The topological polar surface area (TPSA) is 84.9 Å². The molecule has 0 aromatic heterocycles. The summed E-state index contributed by atoms with van der Waals surface area (Å²) in [5.41, 5.74) is 0.283. The van der Waals surface area contributed by atoms with E-state index in [0.29, 0.717) is 19.4 Å². The molecule has 7 nitrogen and oxygen atoms in total. The molecule has 0 aliphatic carbocycles. The predicted molar refractivity (Wildman–Crippen MR) is 109 cm³/mol. The van der Waals surface area contributed by atoms with Crippen molar-refractivity contribution in [3.8, 4) is 0 Å². The molecule has 1 aromatic carbocycles. The molecule has 1 aromatic rings. The third-order valence-corrected chi connectivity index (χ3v) is 4.79. The van der Waals surface area contributed by atoms with Gasteiger partial charge in [-0.15, -0.1) is 0 Å². The maximum Gasteiger partial charge on any atom is 0.408 e. The monoisotopic (exact) mass is 404 g/mol. The molecule has 0 spiro atoms. The number of carbonyl (C=O) groups excluding carboxylic acids is 3. The summed E-state index contributed by atoms with van der Waals surface area (Å²) in [5.74, 6) is -0.735.